The van der Waals surface area contributed by atoms with Crippen LogP contribution in [-0.4, -0.2) is 57.6 Å². The number of Topliss-reactive ketones (excluding diaryl/α,β-unsaturated/α-hetero) is 1. The normalized spacial score (nSPS) is 20.6. The molecule has 1 amide bonds. The fourth-order valence-electron chi connectivity index (χ4n) is 3.74. The maximum absolute atomic E-state index is 12.7. The number of amides is 1. The molecule has 11 heteroatoms. The molecule has 3 saturated heterocycles. The Labute approximate surface area is 193 Å². The predicted octanol–water partition coefficient (Wildman–Crippen LogP) is 3.57. The lowest BCUT2D eigenvalue weighted by Gasteiger charge is -2.46. The van der Waals surface area contributed by atoms with Gasteiger partial charge in [0.1, 0.15) is 15.7 Å². The molecule has 0 saturated carbocycles. The fourth-order valence-corrected chi connectivity index (χ4v) is 4.57. The van der Waals surface area contributed by atoms with Crippen LogP contribution in [0.4, 0.5) is 15.9 Å². The number of rotatable bonds is 4. The highest BCUT2D eigenvalue weighted by atomic mass is 35.5. The van der Waals surface area contributed by atoms with Crippen LogP contribution in [0.25, 0.3) is 5.65 Å². The van der Waals surface area contributed by atoms with E-state index in [1.165, 1.54) is 38.0 Å². The number of piperazine rings is 1. The molecule has 0 aliphatic carbocycles. The van der Waals surface area contributed by atoms with E-state index in [1.807, 2.05) is 17.6 Å². The molecule has 0 radical (unpaired) electrons. The summed E-state index contributed by atoms with van der Waals surface area (Å²) in [5.41, 5.74) is 1.60. The van der Waals surface area contributed by atoms with Crippen molar-refractivity contribution in [3.05, 3.63) is 39.8 Å². The maximum atomic E-state index is 12.7. The Kier molecular flexibility index (Phi) is 6.73. The van der Waals surface area contributed by atoms with Gasteiger partial charge in [0, 0.05) is 31.4 Å². The molecule has 3 atom stereocenters. The van der Waals surface area contributed by atoms with Crippen LogP contribution in [0.5, 0.6) is 0 Å². The van der Waals surface area contributed by atoms with Gasteiger partial charge in [0.05, 0.1) is 11.9 Å². The molecule has 6 heterocycles. The third-order valence-corrected chi connectivity index (χ3v) is 6.84. The van der Waals surface area contributed by atoms with Crippen molar-refractivity contribution in [3.63, 3.8) is 0 Å². The van der Waals surface area contributed by atoms with Crippen molar-refractivity contribution in [2.24, 2.45) is 0 Å². The highest BCUT2D eigenvalue weighted by molar-refractivity contribution is 7.15. The molecule has 3 aliphatic heterocycles. The number of fused-ring (bicyclic) bond motifs is 4. The number of ketones is 1. The van der Waals surface area contributed by atoms with Crippen molar-refractivity contribution in [3.8, 4) is 0 Å². The molecule has 0 spiro atoms. The SMILES string of the molecule is CC(=O)C(C)F.O=C(Nc1ccsc1Cl)c1cnn2ccc(N3CC4CCC3CN4)nc12. The second-order valence-corrected chi connectivity index (χ2v) is 9.41. The van der Waals surface area contributed by atoms with Crippen molar-refractivity contribution >= 4 is 51.8 Å². The lowest BCUT2D eigenvalue weighted by atomic mass is 9.93. The first-order valence-electron chi connectivity index (χ1n) is 10.4. The highest BCUT2D eigenvalue weighted by Crippen LogP contribution is 2.29. The van der Waals surface area contributed by atoms with Crippen molar-refractivity contribution < 1.29 is 14.0 Å². The van der Waals surface area contributed by atoms with E-state index in [0.717, 1.165) is 18.9 Å². The second kappa shape index (κ2) is 9.51. The Hall–Kier alpha value is -2.56. The standard InChI is InChI=1S/C17H17ClN6OS.C4H7FO/c18-15-13(4-6-26-15)21-17(25)12-8-20-24-5-3-14(22-16(12)24)23-9-10-1-2-11(23)7-19-10;1-3(5)4(2)6/h3-6,8,10-11,19H,1-2,7,9H2,(H,21,25);3H,1-2H3. The van der Waals surface area contributed by atoms with Crippen molar-refractivity contribution in [2.75, 3.05) is 23.3 Å². The van der Waals surface area contributed by atoms with Crippen LogP contribution in [0.2, 0.25) is 4.34 Å². The van der Waals surface area contributed by atoms with Gasteiger partial charge in [-0.2, -0.15) is 5.10 Å². The Morgan fingerprint density at radius 1 is 1.38 bits per heavy atom. The van der Waals surface area contributed by atoms with E-state index in [9.17, 15) is 14.0 Å². The number of hydrogen-bond acceptors (Lipinski definition) is 7. The van der Waals surface area contributed by atoms with Gasteiger partial charge >= 0.3 is 0 Å². The topological polar surface area (TPSA) is 91.6 Å². The molecule has 32 heavy (non-hydrogen) atoms. The zero-order valence-electron chi connectivity index (χ0n) is 17.7. The largest absolute Gasteiger partial charge is 0.351 e. The number of alkyl halides is 1. The van der Waals surface area contributed by atoms with E-state index in [2.05, 4.69) is 20.6 Å². The Balaban J connectivity index is 0.000000363. The highest BCUT2D eigenvalue weighted by Gasteiger charge is 2.34. The smallest absolute Gasteiger partial charge is 0.261 e. The third kappa shape index (κ3) is 4.77. The number of nitrogens with one attached hydrogen (secondary N) is 2. The minimum atomic E-state index is -1.29. The summed E-state index contributed by atoms with van der Waals surface area (Å²) in [5.74, 6) is 0.235. The van der Waals surface area contributed by atoms with E-state index in [0.29, 0.717) is 33.3 Å². The van der Waals surface area contributed by atoms with Crippen molar-refractivity contribution in [2.45, 2.75) is 44.9 Å². The number of nitrogens with zero attached hydrogens (tertiary/aromatic N) is 4. The number of carbonyl (C=O) groups is 2. The van der Waals surface area contributed by atoms with E-state index in [-0.39, 0.29) is 5.91 Å². The number of thiophene rings is 1. The zero-order chi connectivity index (χ0) is 22.8. The second-order valence-electron chi connectivity index (χ2n) is 7.89. The van der Waals surface area contributed by atoms with E-state index >= 15 is 0 Å². The van der Waals surface area contributed by atoms with Crippen molar-refractivity contribution in [1.29, 1.82) is 0 Å². The quantitative estimate of drug-likeness (QED) is 0.595. The van der Waals surface area contributed by atoms with Crippen LogP contribution in [0, 0.1) is 0 Å². The summed E-state index contributed by atoms with van der Waals surface area (Å²) >= 11 is 7.46. The van der Waals surface area contributed by atoms with Gasteiger partial charge in [0.25, 0.3) is 5.91 Å². The van der Waals surface area contributed by atoms with Crippen LogP contribution < -0.4 is 15.5 Å². The van der Waals surface area contributed by atoms with E-state index < -0.39 is 12.0 Å². The number of halogens is 2. The van der Waals surface area contributed by atoms with Crippen LogP contribution in [0.1, 0.15) is 37.0 Å². The molecule has 3 aliphatic rings. The van der Waals surface area contributed by atoms with Gasteiger partial charge in [-0.1, -0.05) is 11.6 Å². The maximum Gasteiger partial charge on any atom is 0.261 e. The molecule has 2 N–H and O–H groups in total. The van der Waals surface area contributed by atoms with Gasteiger partial charge in [-0.05, 0) is 44.2 Å². The molecule has 6 rings (SSSR count). The summed E-state index contributed by atoms with van der Waals surface area (Å²) in [6.45, 7) is 4.39. The van der Waals surface area contributed by atoms with Crippen LogP contribution in [0.3, 0.4) is 0 Å². The lowest BCUT2D eigenvalue weighted by molar-refractivity contribution is -0.121. The monoisotopic (exact) mass is 478 g/mol. The average molecular weight is 479 g/mol. The Bertz CT molecular complexity index is 1120. The minimum Gasteiger partial charge on any atom is -0.351 e. The lowest BCUT2D eigenvalue weighted by Crippen LogP contribution is -2.61. The Morgan fingerprint density at radius 3 is 2.72 bits per heavy atom. The van der Waals surface area contributed by atoms with Gasteiger partial charge in [-0.3, -0.25) is 9.59 Å². The first-order valence-corrected chi connectivity index (χ1v) is 11.6. The summed E-state index contributed by atoms with van der Waals surface area (Å²) in [4.78, 5) is 29.5. The first kappa shape index (κ1) is 22.6. The molecular formula is C21H24ClFN6O2S. The number of piperidine rings is 2. The molecule has 3 fully saturated rings. The van der Waals surface area contributed by atoms with Gasteiger partial charge in [-0.15, -0.1) is 11.3 Å². The number of anilines is 2. The molecule has 2 bridgehead atoms. The van der Waals surface area contributed by atoms with E-state index in [1.54, 1.807) is 16.8 Å². The summed E-state index contributed by atoms with van der Waals surface area (Å²) in [7, 11) is 0. The minimum absolute atomic E-state index is 0.258. The molecule has 3 unspecified atom stereocenters. The molecule has 170 valence electrons. The fraction of sp³-hybridized carbons (Fsp3) is 0.429. The summed E-state index contributed by atoms with van der Waals surface area (Å²) in [6.07, 6.45) is 4.51. The van der Waals surface area contributed by atoms with Gasteiger partial charge < -0.3 is 15.5 Å². The molecule has 0 aromatic carbocycles. The van der Waals surface area contributed by atoms with Crippen molar-refractivity contribution in [1.82, 2.24) is 19.9 Å². The Morgan fingerprint density at radius 2 is 2.16 bits per heavy atom. The van der Waals surface area contributed by atoms with Crippen LogP contribution in [-0.2, 0) is 4.79 Å². The van der Waals surface area contributed by atoms with Crippen LogP contribution in [0.15, 0.2) is 29.9 Å². The van der Waals surface area contributed by atoms with E-state index in [4.69, 9.17) is 16.6 Å². The van der Waals surface area contributed by atoms with Gasteiger partial charge in [-0.25, -0.2) is 13.9 Å². The number of aromatic nitrogens is 3. The molecule has 8 nitrogen and oxygen atoms in total. The zero-order valence-corrected chi connectivity index (χ0v) is 19.3. The molecule has 3 aromatic rings. The number of hydrogen-bond donors (Lipinski definition) is 2. The molecule has 3 aromatic heterocycles. The van der Waals surface area contributed by atoms with Crippen LogP contribution >= 0.6 is 22.9 Å². The summed E-state index contributed by atoms with van der Waals surface area (Å²) < 4.78 is 13.7. The van der Waals surface area contributed by atoms with Gasteiger partial charge in [0.2, 0.25) is 0 Å². The summed E-state index contributed by atoms with van der Waals surface area (Å²) in [6, 6.07) is 4.73. The first-order chi connectivity index (χ1) is 15.3. The average Bonchev–Trinajstić information content (AvgIpc) is 3.40. The molecular weight excluding hydrogens is 455 g/mol. The van der Waals surface area contributed by atoms with Gasteiger partial charge in [0.15, 0.2) is 17.6 Å². The number of carbonyl (C=O) groups excluding carboxylic acids is 2. The summed E-state index contributed by atoms with van der Waals surface area (Å²) in [5, 5.41) is 12.5. The third-order valence-electron chi connectivity index (χ3n) is 5.67. The predicted molar refractivity (Wildman–Crippen MR) is 124 cm³/mol.